The van der Waals surface area contributed by atoms with Gasteiger partial charge in [0, 0.05) is 32.4 Å². The summed E-state index contributed by atoms with van der Waals surface area (Å²) in [5.74, 6) is -0.625. The van der Waals surface area contributed by atoms with Crippen LogP contribution in [0.5, 0.6) is 11.5 Å². The molecule has 6 rings (SSSR count). The van der Waals surface area contributed by atoms with Crippen LogP contribution in [0, 0.1) is 13.8 Å². The Morgan fingerprint density at radius 1 is 0.978 bits per heavy atom. The fraction of sp³-hybridized carbons (Fsp3) is 0.361. The van der Waals surface area contributed by atoms with Crippen molar-refractivity contribution in [3.8, 4) is 11.5 Å². The van der Waals surface area contributed by atoms with Crippen molar-refractivity contribution in [3.05, 3.63) is 101 Å². The lowest BCUT2D eigenvalue weighted by molar-refractivity contribution is -0.140. The van der Waals surface area contributed by atoms with E-state index >= 15 is 0 Å². The molecule has 0 radical (unpaired) electrons. The van der Waals surface area contributed by atoms with Gasteiger partial charge in [-0.15, -0.1) is 0 Å². The second-order valence-electron chi connectivity index (χ2n) is 11.6. The van der Waals surface area contributed by atoms with Gasteiger partial charge in [0.1, 0.15) is 17.9 Å². The lowest BCUT2D eigenvalue weighted by Gasteiger charge is -2.29. The van der Waals surface area contributed by atoms with Crippen molar-refractivity contribution in [3.63, 3.8) is 0 Å². The highest BCUT2D eigenvalue weighted by Gasteiger charge is 2.46. The number of carbonyl (C=O) groups excluding carboxylic acids is 2. The number of aliphatic hydroxyl groups excluding tert-OH is 1. The van der Waals surface area contributed by atoms with Crippen LogP contribution in [0.1, 0.15) is 47.5 Å². The molecular weight excluding hydrogens is 584 g/mol. The molecule has 2 aliphatic heterocycles. The van der Waals surface area contributed by atoms with E-state index in [2.05, 4.69) is 4.90 Å². The van der Waals surface area contributed by atoms with E-state index < -0.39 is 17.7 Å². The van der Waals surface area contributed by atoms with Gasteiger partial charge in [-0.25, -0.2) is 4.98 Å². The zero-order valence-electron chi connectivity index (χ0n) is 26.6. The summed E-state index contributed by atoms with van der Waals surface area (Å²) in [6.45, 7) is 10.5. The highest BCUT2D eigenvalue weighted by atomic mass is 16.5. The number of carbonyl (C=O) groups is 2. The Morgan fingerprint density at radius 2 is 1.76 bits per heavy atom. The molecule has 4 heterocycles. The lowest BCUT2D eigenvalue weighted by atomic mass is 9.96. The number of rotatable bonds is 11. The van der Waals surface area contributed by atoms with E-state index in [0.717, 1.165) is 30.8 Å². The predicted molar refractivity (Wildman–Crippen MR) is 174 cm³/mol. The fourth-order valence-electron chi connectivity index (χ4n) is 6.24. The van der Waals surface area contributed by atoms with Crippen molar-refractivity contribution in [1.82, 2.24) is 19.2 Å². The second-order valence-corrected chi connectivity index (χ2v) is 11.6. The molecule has 4 aromatic rings. The minimum atomic E-state index is -0.836. The fourth-order valence-corrected chi connectivity index (χ4v) is 6.24. The van der Waals surface area contributed by atoms with Gasteiger partial charge in [0.2, 0.25) is 0 Å². The smallest absolute Gasteiger partial charge is 0.295 e. The van der Waals surface area contributed by atoms with E-state index in [1.54, 1.807) is 11.0 Å². The standard InChI is InChI=1S/C36H40N4O6/c1-4-45-29-22-27(13-14-28(29)46-23-26-11-6-5-7-12-26)32-30(33(41)31-25(3)39-16-8-10-24(2)35(39)37-31)34(42)36(43)40(32)17-9-15-38-18-20-44-21-19-38/h5-8,10-14,16,22,32,41H,4,9,15,17-21,23H2,1-3H3/b33-30+. The maximum atomic E-state index is 13.8. The molecule has 1 atom stereocenters. The number of pyridine rings is 1. The number of ketones is 1. The van der Waals surface area contributed by atoms with Gasteiger partial charge in [0.05, 0.1) is 37.1 Å². The summed E-state index contributed by atoms with van der Waals surface area (Å²) in [7, 11) is 0. The van der Waals surface area contributed by atoms with Crippen molar-refractivity contribution in [2.24, 2.45) is 0 Å². The number of hydrogen-bond acceptors (Lipinski definition) is 8. The zero-order valence-corrected chi connectivity index (χ0v) is 26.6. The number of aliphatic hydroxyl groups is 1. The van der Waals surface area contributed by atoms with Crippen molar-refractivity contribution in [1.29, 1.82) is 0 Å². The van der Waals surface area contributed by atoms with Gasteiger partial charge in [0.15, 0.2) is 17.3 Å². The third-order valence-corrected chi connectivity index (χ3v) is 8.65. The van der Waals surface area contributed by atoms with E-state index in [1.807, 2.05) is 86.0 Å². The summed E-state index contributed by atoms with van der Waals surface area (Å²) < 4.78 is 19.5. The summed E-state index contributed by atoms with van der Waals surface area (Å²) in [6, 6.07) is 18.3. The number of imidazole rings is 1. The van der Waals surface area contributed by atoms with Crippen LogP contribution >= 0.6 is 0 Å². The molecule has 0 bridgehead atoms. The summed E-state index contributed by atoms with van der Waals surface area (Å²) in [4.78, 5) is 36.0. The van der Waals surface area contributed by atoms with Gasteiger partial charge >= 0.3 is 0 Å². The van der Waals surface area contributed by atoms with Crippen LogP contribution in [-0.2, 0) is 20.9 Å². The Morgan fingerprint density at radius 3 is 2.50 bits per heavy atom. The van der Waals surface area contributed by atoms with Gasteiger partial charge in [-0.05, 0) is 62.1 Å². The molecule has 2 aromatic heterocycles. The molecule has 0 saturated carbocycles. The van der Waals surface area contributed by atoms with Gasteiger partial charge in [-0.3, -0.25) is 14.5 Å². The second kappa shape index (κ2) is 13.8. The average molecular weight is 625 g/mol. The molecule has 1 N–H and O–H groups in total. The van der Waals surface area contributed by atoms with Crippen LogP contribution in [0.3, 0.4) is 0 Å². The van der Waals surface area contributed by atoms with Crippen molar-refractivity contribution in [2.75, 3.05) is 46.0 Å². The molecule has 240 valence electrons. The first-order valence-electron chi connectivity index (χ1n) is 15.8. The number of amides is 1. The highest BCUT2D eigenvalue weighted by Crippen LogP contribution is 2.42. The number of morpholine rings is 1. The van der Waals surface area contributed by atoms with Crippen molar-refractivity contribution < 1.29 is 28.9 Å². The molecular formula is C36H40N4O6. The van der Waals surface area contributed by atoms with E-state index in [4.69, 9.17) is 19.2 Å². The molecule has 10 heteroatoms. The van der Waals surface area contributed by atoms with Gasteiger partial charge in [-0.2, -0.15) is 0 Å². The van der Waals surface area contributed by atoms with Crippen molar-refractivity contribution >= 4 is 23.1 Å². The third-order valence-electron chi connectivity index (χ3n) is 8.65. The molecule has 46 heavy (non-hydrogen) atoms. The quantitative estimate of drug-likeness (QED) is 0.140. The Bertz CT molecular complexity index is 1760. The number of likely N-dealkylation sites (tertiary alicyclic amines) is 1. The summed E-state index contributed by atoms with van der Waals surface area (Å²) in [6.07, 6.45) is 2.53. The maximum absolute atomic E-state index is 13.8. The largest absolute Gasteiger partial charge is 0.505 e. The van der Waals surface area contributed by atoms with Gasteiger partial charge < -0.3 is 28.6 Å². The zero-order chi connectivity index (χ0) is 32.2. The van der Waals surface area contributed by atoms with Gasteiger partial charge in [-0.1, -0.05) is 42.5 Å². The maximum Gasteiger partial charge on any atom is 0.295 e. The summed E-state index contributed by atoms with van der Waals surface area (Å²) in [5, 5.41) is 11.8. The van der Waals surface area contributed by atoms with Gasteiger partial charge in [0.25, 0.3) is 11.7 Å². The van der Waals surface area contributed by atoms with Crippen molar-refractivity contribution in [2.45, 2.75) is 39.8 Å². The lowest BCUT2D eigenvalue weighted by Crippen LogP contribution is -2.39. The number of benzene rings is 2. The van der Waals surface area contributed by atoms with Crippen LogP contribution in [0.25, 0.3) is 11.4 Å². The van der Waals surface area contributed by atoms with Crippen LogP contribution in [0.2, 0.25) is 0 Å². The number of Topliss-reactive ketones (excluding diaryl/α,β-unsaturated/α-hetero) is 1. The highest BCUT2D eigenvalue weighted by molar-refractivity contribution is 6.46. The predicted octanol–water partition coefficient (Wildman–Crippen LogP) is 5.07. The SMILES string of the molecule is CCOc1cc(C2/C(=C(\O)c3nc4c(C)cccn4c3C)C(=O)C(=O)N2CCCN2CCOCC2)ccc1OCc1ccccc1. The first kappa shape index (κ1) is 31.3. The van der Waals surface area contributed by atoms with E-state index in [9.17, 15) is 14.7 Å². The van der Waals surface area contributed by atoms with E-state index in [-0.39, 0.29) is 17.0 Å². The van der Waals surface area contributed by atoms with Crippen LogP contribution in [0.15, 0.2) is 72.4 Å². The summed E-state index contributed by atoms with van der Waals surface area (Å²) >= 11 is 0. The van der Waals surface area contributed by atoms with E-state index in [0.29, 0.717) is 67.8 Å². The molecule has 1 unspecified atom stereocenters. The minimum absolute atomic E-state index is 0.0148. The first-order chi connectivity index (χ1) is 22.4. The number of aromatic nitrogens is 2. The third kappa shape index (κ3) is 6.23. The average Bonchev–Trinajstić information content (AvgIpc) is 3.55. The van der Waals surface area contributed by atoms with Crippen LogP contribution < -0.4 is 9.47 Å². The molecule has 2 aliphatic rings. The number of fused-ring (bicyclic) bond motifs is 1. The Labute approximate surface area is 268 Å². The number of hydrogen-bond donors (Lipinski definition) is 1. The monoisotopic (exact) mass is 624 g/mol. The normalized spacial score (nSPS) is 18.4. The minimum Gasteiger partial charge on any atom is -0.505 e. The Balaban J connectivity index is 1.39. The molecule has 2 saturated heterocycles. The number of aryl methyl sites for hydroxylation is 2. The van der Waals surface area contributed by atoms with Crippen LogP contribution in [-0.4, -0.2) is 82.0 Å². The Hall–Kier alpha value is -4.67. The molecule has 1 amide bonds. The molecule has 2 aromatic carbocycles. The molecule has 0 spiro atoms. The molecule has 10 nitrogen and oxygen atoms in total. The first-order valence-corrected chi connectivity index (χ1v) is 15.8. The summed E-state index contributed by atoms with van der Waals surface area (Å²) in [5.41, 5.74) is 4.22. The number of ether oxygens (including phenoxy) is 3. The number of nitrogens with zero attached hydrogens (tertiary/aromatic N) is 4. The molecule has 0 aliphatic carbocycles. The topological polar surface area (TPSA) is 106 Å². The molecule has 2 fully saturated rings. The van der Waals surface area contributed by atoms with Crippen LogP contribution in [0.4, 0.5) is 0 Å². The Kier molecular flexibility index (Phi) is 9.37. The van der Waals surface area contributed by atoms with E-state index in [1.165, 1.54) is 0 Å².